The average molecular weight is 402 g/mol. The molecule has 6 heteroatoms. The second-order valence-electron chi connectivity index (χ2n) is 6.80. The summed E-state index contributed by atoms with van der Waals surface area (Å²) in [6.07, 6.45) is -0.0417. The smallest absolute Gasteiger partial charge is 0.191 e. The van der Waals surface area contributed by atoms with Gasteiger partial charge in [-0.1, -0.05) is 43.3 Å². The summed E-state index contributed by atoms with van der Waals surface area (Å²) in [7, 11) is 3.15. The minimum atomic E-state index is -0.712. The van der Waals surface area contributed by atoms with Crippen LogP contribution in [0.3, 0.4) is 0 Å². The number of carbonyl (C=O) groups is 1. The first-order valence-corrected chi connectivity index (χ1v) is 9.89. The Morgan fingerprint density at radius 3 is 2.45 bits per heavy atom. The maximum Gasteiger partial charge on any atom is 0.191 e. The Hall–Kier alpha value is -2.41. The van der Waals surface area contributed by atoms with Crippen molar-refractivity contribution in [2.24, 2.45) is 0 Å². The van der Waals surface area contributed by atoms with Crippen molar-refractivity contribution in [1.29, 1.82) is 0 Å². The first-order chi connectivity index (χ1) is 14.1. The van der Waals surface area contributed by atoms with Gasteiger partial charge in [0.2, 0.25) is 0 Å². The molecule has 2 aromatic carbocycles. The van der Waals surface area contributed by atoms with Gasteiger partial charge >= 0.3 is 0 Å². The fourth-order valence-corrected chi connectivity index (χ4v) is 2.97. The minimum Gasteiger partial charge on any atom is -0.493 e. The first-order valence-electron chi connectivity index (χ1n) is 9.89. The molecule has 6 nitrogen and oxygen atoms in total. The van der Waals surface area contributed by atoms with Crippen molar-refractivity contribution in [3.8, 4) is 11.5 Å². The van der Waals surface area contributed by atoms with Crippen molar-refractivity contribution in [2.45, 2.75) is 32.0 Å². The van der Waals surface area contributed by atoms with E-state index >= 15 is 0 Å². The Labute approximate surface area is 172 Å². The van der Waals surface area contributed by atoms with E-state index in [9.17, 15) is 9.90 Å². The first kappa shape index (κ1) is 22.9. The van der Waals surface area contributed by atoms with Gasteiger partial charge in [-0.2, -0.15) is 0 Å². The summed E-state index contributed by atoms with van der Waals surface area (Å²) >= 11 is 0. The third kappa shape index (κ3) is 7.16. The number of ketones is 1. The molecule has 2 unspecified atom stereocenters. The van der Waals surface area contributed by atoms with E-state index in [-0.39, 0.29) is 12.4 Å². The minimum absolute atomic E-state index is 0.0766. The van der Waals surface area contributed by atoms with Gasteiger partial charge in [-0.15, -0.1) is 0 Å². The third-order valence-corrected chi connectivity index (χ3v) is 4.52. The number of carbonyl (C=O) groups excluding carboxylic acids is 1. The summed E-state index contributed by atoms with van der Waals surface area (Å²) in [6, 6.07) is 14.6. The van der Waals surface area contributed by atoms with Crippen molar-refractivity contribution in [1.82, 2.24) is 5.32 Å². The number of rotatable bonds is 13. The van der Waals surface area contributed by atoms with Crippen molar-refractivity contribution >= 4 is 5.78 Å². The van der Waals surface area contributed by atoms with Crippen LogP contribution in [0.4, 0.5) is 0 Å². The van der Waals surface area contributed by atoms with Crippen LogP contribution in [0.1, 0.15) is 29.3 Å². The van der Waals surface area contributed by atoms with E-state index in [0.29, 0.717) is 30.0 Å². The number of ether oxygens (including phenoxy) is 3. The number of nitrogens with one attached hydrogen (secondary N) is 1. The summed E-state index contributed by atoms with van der Waals surface area (Å²) in [5, 5.41) is 13.3. The molecular weight excluding hydrogens is 370 g/mol. The highest BCUT2D eigenvalue weighted by atomic mass is 16.5. The van der Waals surface area contributed by atoms with Gasteiger partial charge in [-0.05, 0) is 30.7 Å². The predicted molar refractivity (Wildman–Crippen MR) is 113 cm³/mol. The maximum atomic E-state index is 13.0. The van der Waals surface area contributed by atoms with Crippen molar-refractivity contribution in [3.05, 3.63) is 59.7 Å². The number of aliphatic hydroxyl groups excluding tert-OH is 1. The Kier molecular flexibility index (Phi) is 9.64. The van der Waals surface area contributed by atoms with E-state index in [1.165, 1.54) is 0 Å². The topological polar surface area (TPSA) is 77.0 Å². The van der Waals surface area contributed by atoms with Gasteiger partial charge in [0.1, 0.15) is 6.10 Å². The summed E-state index contributed by atoms with van der Waals surface area (Å²) in [4.78, 5) is 13.0. The summed E-state index contributed by atoms with van der Waals surface area (Å²) in [5.41, 5.74) is 1.46. The van der Waals surface area contributed by atoms with Crippen molar-refractivity contribution < 1.29 is 24.1 Å². The van der Waals surface area contributed by atoms with Crippen LogP contribution in [0.15, 0.2) is 48.5 Å². The van der Waals surface area contributed by atoms with Gasteiger partial charge in [0.05, 0.1) is 26.9 Å². The molecule has 0 spiro atoms. The van der Waals surface area contributed by atoms with Crippen LogP contribution in [0.25, 0.3) is 0 Å². The highest BCUT2D eigenvalue weighted by molar-refractivity contribution is 5.99. The normalized spacial score (nSPS) is 13.0. The van der Waals surface area contributed by atoms with Gasteiger partial charge < -0.3 is 24.6 Å². The molecule has 0 fully saturated rings. The van der Waals surface area contributed by atoms with E-state index in [2.05, 4.69) is 12.2 Å². The lowest BCUT2D eigenvalue weighted by atomic mass is 9.99. The zero-order chi connectivity index (χ0) is 21.1. The predicted octanol–water partition coefficient (Wildman–Crippen LogP) is 2.87. The number of benzene rings is 2. The van der Waals surface area contributed by atoms with Crippen LogP contribution in [0.2, 0.25) is 0 Å². The maximum absolute atomic E-state index is 13.0. The van der Waals surface area contributed by atoms with Crippen LogP contribution in [0.5, 0.6) is 11.5 Å². The van der Waals surface area contributed by atoms with E-state index in [4.69, 9.17) is 14.2 Å². The highest BCUT2D eigenvalue weighted by Crippen LogP contribution is 2.28. The summed E-state index contributed by atoms with van der Waals surface area (Å²) in [6.45, 7) is 3.40. The average Bonchev–Trinajstić information content (AvgIpc) is 2.76. The van der Waals surface area contributed by atoms with Gasteiger partial charge in [-0.3, -0.25) is 4.79 Å². The fraction of sp³-hybridized carbons (Fsp3) is 0.435. The van der Waals surface area contributed by atoms with Gasteiger partial charge in [0.25, 0.3) is 0 Å². The van der Waals surface area contributed by atoms with Gasteiger partial charge in [-0.25, -0.2) is 0 Å². The molecule has 0 radical (unpaired) electrons. The lowest BCUT2D eigenvalue weighted by molar-refractivity contribution is -0.00164. The second kappa shape index (κ2) is 12.2. The van der Waals surface area contributed by atoms with E-state index in [1.807, 2.05) is 36.4 Å². The molecule has 2 rings (SSSR count). The fourth-order valence-electron chi connectivity index (χ4n) is 2.97. The van der Waals surface area contributed by atoms with Crippen LogP contribution >= 0.6 is 0 Å². The Balaban J connectivity index is 2.13. The van der Waals surface area contributed by atoms with Crippen LogP contribution in [-0.4, -0.2) is 57.0 Å². The number of hydrogen-bond donors (Lipinski definition) is 2. The molecule has 0 aliphatic rings. The molecule has 158 valence electrons. The van der Waals surface area contributed by atoms with E-state index in [0.717, 1.165) is 18.5 Å². The largest absolute Gasteiger partial charge is 0.493 e. The number of hydrogen-bond acceptors (Lipinski definition) is 6. The molecule has 29 heavy (non-hydrogen) atoms. The molecule has 0 heterocycles. The van der Waals surface area contributed by atoms with E-state index < -0.39 is 12.2 Å². The molecule has 2 N–H and O–H groups in total. The molecule has 0 aliphatic carbocycles. The molecule has 0 saturated heterocycles. The lowest BCUT2D eigenvalue weighted by Gasteiger charge is -2.20. The molecule has 2 aromatic rings. The number of aliphatic hydroxyl groups is 1. The van der Waals surface area contributed by atoms with Crippen LogP contribution in [-0.2, 0) is 11.2 Å². The number of methoxy groups -OCH3 is 2. The molecule has 0 amide bonds. The van der Waals surface area contributed by atoms with Crippen LogP contribution in [0, 0.1) is 0 Å². The molecule has 0 aromatic heterocycles. The summed E-state index contributed by atoms with van der Waals surface area (Å²) in [5.74, 6) is 1.11. The highest BCUT2D eigenvalue weighted by Gasteiger charge is 2.23. The quantitative estimate of drug-likeness (QED) is 0.397. The van der Waals surface area contributed by atoms with Gasteiger partial charge in [0, 0.05) is 18.5 Å². The second-order valence-corrected chi connectivity index (χ2v) is 6.80. The SMILES string of the molecule is CCCNCC(O)COC(Cc1ccc(OC)c(OC)c1)C(=O)c1ccccc1. The zero-order valence-electron chi connectivity index (χ0n) is 17.4. The Morgan fingerprint density at radius 1 is 1.07 bits per heavy atom. The lowest BCUT2D eigenvalue weighted by Crippen LogP contribution is -2.35. The van der Waals surface area contributed by atoms with Crippen molar-refractivity contribution in [3.63, 3.8) is 0 Å². The third-order valence-electron chi connectivity index (χ3n) is 4.52. The molecule has 0 saturated carbocycles. The zero-order valence-corrected chi connectivity index (χ0v) is 17.4. The summed E-state index contributed by atoms with van der Waals surface area (Å²) < 4.78 is 16.5. The van der Waals surface area contributed by atoms with Crippen molar-refractivity contribution in [2.75, 3.05) is 33.9 Å². The molecule has 0 bridgehead atoms. The molecule has 2 atom stereocenters. The molecular formula is C23H31NO5. The van der Waals surface area contributed by atoms with Gasteiger partial charge in [0.15, 0.2) is 17.3 Å². The number of Topliss-reactive ketones (excluding diaryl/α,β-unsaturated/α-hetero) is 1. The monoisotopic (exact) mass is 401 g/mol. The Morgan fingerprint density at radius 2 is 1.79 bits per heavy atom. The van der Waals surface area contributed by atoms with Crippen LogP contribution < -0.4 is 14.8 Å². The van der Waals surface area contributed by atoms with E-state index in [1.54, 1.807) is 26.4 Å². The Bertz CT molecular complexity index is 750. The molecule has 0 aliphatic heterocycles. The standard InChI is InChI=1S/C23H31NO5/c1-4-12-24-15-19(25)16-29-22(23(26)18-8-6-5-7-9-18)14-17-10-11-20(27-2)21(13-17)28-3/h5-11,13,19,22,24-25H,4,12,14-16H2,1-3H3.